The maximum Gasteiger partial charge on any atom is 2.00 e. The van der Waals surface area contributed by atoms with Crippen LogP contribution in [0, 0.1) is 0 Å². The summed E-state index contributed by atoms with van der Waals surface area (Å²) in [6.45, 7) is 5.61. The molecule has 0 rings (SSSR count). The number of hydrogen-bond donors (Lipinski definition) is 0. The Hall–Kier alpha value is 0.426. The van der Waals surface area contributed by atoms with Gasteiger partial charge in [-0.15, -0.1) is 0 Å². The van der Waals surface area contributed by atoms with Gasteiger partial charge in [-0.25, -0.2) is 16.8 Å². The predicted molar refractivity (Wildman–Crippen MR) is 181 cm³/mol. The minimum atomic E-state index is -4.57. The van der Waals surface area contributed by atoms with Gasteiger partial charge >= 0.3 is 23.1 Å². The first-order valence-electron chi connectivity index (χ1n) is 17.5. The molecule has 0 radical (unpaired) electrons. The molecule has 0 aliphatic heterocycles. The van der Waals surface area contributed by atoms with Crippen molar-refractivity contribution in [3.63, 3.8) is 0 Å². The second-order valence-electron chi connectivity index (χ2n) is 11.5. The molecule has 0 aromatic heterocycles. The summed E-state index contributed by atoms with van der Waals surface area (Å²) in [6, 6.07) is 0. The molecule has 0 aromatic rings. The van der Waals surface area contributed by atoms with Gasteiger partial charge < -0.3 is 18.6 Å². The summed E-state index contributed by atoms with van der Waals surface area (Å²) >= 11 is 0. The minimum absolute atomic E-state index is 0. The van der Waals surface area contributed by atoms with E-state index in [1.54, 1.807) is 0 Å². The Morgan fingerprint density at radius 3 is 0.800 bits per heavy atom. The fourth-order valence-corrected chi connectivity index (χ4v) is 5.23. The van der Waals surface area contributed by atoms with Crippen molar-refractivity contribution in [3.8, 4) is 0 Å². The predicted octanol–water partition coefficient (Wildman–Crippen LogP) is 7.98. The Morgan fingerprint density at radius 1 is 0.356 bits per heavy atom. The first kappa shape index (κ1) is 49.8. The van der Waals surface area contributed by atoms with Crippen LogP contribution >= 0.6 is 0 Å². The van der Waals surface area contributed by atoms with E-state index in [2.05, 4.69) is 22.2 Å². The molecule has 0 aliphatic rings. The number of ether oxygens (including phenoxy) is 2. The molecule has 0 aromatic carbocycles. The third-order valence-electron chi connectivity index (χ3n) is 7.20. The van der Waals surface area contributed by atoms with E-state index in [0.29, 0.717) is 13.2 Å². The summed E-state index contributed by atoms with van der Waals surface area (Å²) < 4.78 is 79.3. The van der Waals surface area contributed by atoms with E-state index in [1.807, 2.05) is 0 Å². The number of hydrogen-bond acceptors (Lipinski definition) is 10. The molecule has 0 amide bonds. The van der Waals surface area contributed by atoms with Gasteiger partial charge in [-0.2, -0.15) is 0 Å². The summed E-state index contributed by atoms with van der Waals surface area (Å²) in [5.74, 6) is 0. The van der Waals surface area contributed by atoms with E-state index in [4.69, 9.17) is 9.47 Å². The summed E-state index contributed by atoms with van der Waals surface area (Å²) in [5, 5.41) is 0. The molecule has 0 bridgehead atoms. The molecule has 0 fully saturated rings. The van der Waals surface area contributed by atoms with Gasteiger partial charge in [0.15, 0.2) is 0 Å². The van der Waals surface area contributed by atoms with Gasteiger partial charge in [0.2, 0.25) is 20.8 Å². The van der Waals surface area contributed by atoms with Crippen LogP contribution in [0.4, 0.5) is 0 Å². The Bertz CT molecular complexity index is 704. The second kappa shape index (κ2) is 38.9. The molecule has 268 valence electrons. The van der Waals surface area contributed by atoms with Gasteiger partial charge in [-0.3, -0.25) is 8.37 Å². The van der Waals surface area contributed by atoms with Gasteiger partial charge in [0, 0.05) is 13.2 Å². The van der Waals surface area contributed by atoms with Crippen molar-refractivity contribution in [2.24, 2.45) is 0 Å². The molecule has 0 saturated heterocycles. The van der Waals surface area contributed by atoms with Crippen LogP contribution in [0.25, 0.3) is 0 Å². The molecule has 45 heavy (non-hydrogen) atoms. The van der Waals surface area contributed by atoms with Crippen molar-refractivity contribution in [1.29, 1.82) is 0 Å². The standard InChI is InChI=1S/2C16H34O5S.Mg/c2*1-2-3-4-5-6-7-8-9-10-11-12-13-14-20-15-16-21-22(17,18)19;/h2*2-16H2,1H3,(H,17,18,19);/q;;+2/p-2. The van der Waals surface area contributed by atoms with E-state index in [9.17, 15) is 25.9 Å². The summed E-state index contributed by atoms with van der Waals surface area (Å²) in [5.41, 5.74) is 0. The molecule has 0 heterocycles. The van der Waals surface area contributed by atoms with Gasteiger partial charge in [0.25, 0.3) is 0 Å². The van der Waals surface area contributed by atoms with E-state index in [-0.39, 0.29) is 49.5 Å². The van der Waals surface area contributed by atoms with Crippen LogP contribution < -0.4 is 0 Å². The van der Waals surface area contributed by atoms with Crippen LogP contribution in [0.2, 0.25) is 0 Å². The van der Waals surface area contributed by atoms with E-state index < -0.39 is 20.8 Å². The Morgan fingerprint density at radius 2 is 0.578 bits per heavy atom. The third kappa shape index (κ3) is 54.2. The van der Waals surface area contributed by atoms with E-state index in [1.165, 1.54) is 128 Å². The quantitative estimate of drug-likeness (QED) is 0.0280. The van der Waals surface area contributed by atoms with Crippen molar-refractivity contribution in [2.75, 3.05) is 39.6 Å². The van der Waals surface area contributed by atoms with Crippen LogP contribution in [-0.2, 0) is 38.6 Å². The van der Waals surface area contributed by atoms with Crippen LogP contribution in [0.3, 0.4) is 0 Å². The average molecular weight is 699 g/mol. The summed E-state index contributed by atoms with van der Waals surface area (Å²) in [6.07, 6.45) is 31.0. The normalized spacial score (nSPS) is 11.6. The van der Waals surface area contributed by atoms with Crippen LogP contribution in [-0.4, -0.2) is 88.6 Å². The average Bonchev–Trinajstić information content (AvgIpc) is 2.96. The SMILES string of the molecule is CCCCCCCCCCCCCCOCCOS(=O)(=O)[O-].CCCCCCCCCCCCCCOCCOS(=O)(=O)[O-].[Mg+2]. The molecule has 13 heteroatoms. The topological polar surface area (TPSA) is 151 Å². The Kier molecular flexibility index (Phi) is 43.0. The molecule has 0 spiro atoms. The third-order valence-corrected chi connectivity index (χ3v) is 8.11. The molecule has 0 atom stereocenters. The molecule has 0 saturated carbocycles. The van der Waals surface area contributed by atoms with Crippen molar-refractivity contribution in [2.45, 2.75) is 168 Å². The van der Waals surface area contributed by atoms with Crippen LogP contribution in [0.5, 0.6) is 0 Å². The fraction of sp³-hybridized carbons (Fsp3) is 1.00. The number of rotatable bonds is 34. The van der Waals surface area contributed by atoms with Gasteiger partial charge in [0.05, 0.1) is 26.4 Å². The van der Waals surface area contributed by atoms with Gasteiger partial charge in [-0.1, -0.05) is 155 Å². The number of unbranched alkanes of at least 4 members (excludes halogenated alkanes) is 22. The zero-order valence-electron chi connectivity index (χ0n) is 28.8. The molecule has 0 unspecified atom stereocenters. The van der Waals surface area contributed by atoms with Crippen molar-refractivity contribution in [1.82, 2.24) is 0 Å². The maximum absolute atomic E-state index is 10.1. The molecular weight excluding hydrogens is 633 g/mol. The molecule has 10 nitrogen and oxygen atoms in total. The Labute approximate surface area is 293 Å². The maximum atomic E-state index is 10.1. The van der Waals surface area contributed by atoms with Crippen LogP contribution in [0.1, 0.15) is 168 Å². The summed E-state index contributed by atoms with van der Waals surface area (Å²) in [4.78, 5) is 0. The molecule has 0 aliphatic carbocycles. The second-order valence-corrected chi connectivity index (χ2v) is 13.6. The molecule has 0 N–H and O–H groups in total. The zero-order valence-corrected chi connectivity index (χ0v) is 31.9. The largest absolute Gasteiger partial charge is 2.00 e. The smallest absolute Gasteiger partial charge is 0.726 e. The minimum Gasteiger partial charge on any atom is -0.726 e. The monoisotopic (exact) mass is 698 g/mol. The van der Waals surface area contributed by atoms with Crippen molar-refractivity contribution < 1.29 is 43.8 Å². The fourth-order valence-electron chi connectivity index (χ4n) is 4.68. The first-order valence-corrected chi connectivity index (χ1v) is 20.1. The van der Waals surface area contributed by atoms with E-state index >= 15 is 0 Å². The van der Waals surface area contributed by atoms with Crippen LogP contribution in [0.15, 0.2) is 0 Å². The Balaban J connectivity index is -0.000000767. The van der Waals surface area contributed by atoms with Crippen molar-refractivity contribution in [3.05, 3.63) is 0 Å². The van der Waals surface area contributed by atoms with Gasteiger partial charge in [0.1, 0.15) is 0 Å². The molecular formula is C32H66MgO10S2. The van der Waals surface area contributed by atoms with E-state index in [0.717, 1.165) is 25.7 Å². The zero-order chi connectivity index (χ0) is 33.0. The summed E-state index contributed by atoms with van der Waals surface area (Å²) in [7, 11) is -9.15. The van der Waals surface area contributed by atoms with Gasteiger partial charge in [-0.05, 0) is 12.8 Å². The first-order chi connectivity index (χ1) is 21.1. The van der Waals surface area contributed by atoms with Crippen molar-refractivity contribution >= 4 is 43.9 Å².